The van der Waals surface area contributed by atoms with Gasteiger partial charge >= 0.3 is 0 Å². The summed E-state index contributed by atoms with van der Waals surface area (Å²) in [4.78, 5) is 4.04. The molecule has 0 fully saturated rings. The first kappa shape index (κ1) is 19.8. The molecular formula is C17H14Cl2N2O4S2. The van der Waals surface area contributed by atoms with E-state index in [2.05, 4.69) is 9.71 Å². The third-order valence-corrected chi connectivity index (χ3v) is 6.57. The molecule has 0 bridgehead atoms. The summed E-state index contributed by atoms with van der Waals surface area (Å²) in [6, 6.07) is 9.87. The minimum Gasteiger partial charge on any atom is -0.493 e. The van der Waals surface area contributed by atoms with E-state index < -0.39 is 10.0 Å². The fraction of sp³-hybridized carbons (Fsp3) is 0.118. The maximum Gasteiger partial charge on any atom is 0.264 e. The van der Waals surface area contributed by atoms with E-state index in [1.807, 2.05) is 19.1 Å². The van der Waals surface area contributed by atoms with Crippen LogP contribution in [0, 0.1) is 6.92 Å². The molecule has 6 nitrogen and oxygen atoms in total. The van der Waals surface area contributed by atoms with Gasteiger partial charge in [0.1, 0.15) is 9.23 Å². The number of hydrogen-bond acceptors (Lipinski definition) is 6. The van der Waals surface area contributed by atoms with E-state index in [0.29, 0.717) is 11.5 Å². The van der Waals surface area contributed by atoms with Crippen LogP contribution in [0.15, 0.2) is 47.5 Å². The molecule has 2 aromatic heterocycles. The Labute approximate surface area is 170 Å². The van der Waals surface area contributed by atoms with Gasteiger partial charge < -0.3 is 9.47 Å². The molecular weight excluding hydrogens is 431 g/mol. The van der Waals surface area contributed by atoms with Crippen LogP contribution in [0.25, 0.3) is 0 Å². The summed E-state index contributed by atoms with van der Waals surface area (Å²) in [5.41, 5.74) is 1.29. The van der Waals surface area contributed by atoms with Crippen molar-refractivity contribution in [3.63, 3.8) is 0 Å². The van der Waals surface area contributed by atoms with Crippen molar-refractivity contribution in [1.82, 2.24) is 4.98 Å². The molecule has 0 saturated heterocycles. The number of sulfonamides is 1. The number of hydrogen-bond donors (Lipinski definition) is 1. The Balaban J connectivity index is 1.77. The van der Waals surface area contributed by atoms with E-state index >= 15 is 0 Å². The van der Waals surface area contributed by atoms with E-state index in [1.54, 1.807) is 19.2 Å². The normalized spacial score (nSPS) is 11.3. The number of benzene rings is 1. The molecule has 2 heterocycles. The van der Waals surface area contributed by atoms with Gasteiger partial charge in [-0.15, -0.1) is 11.3 Å². The summed E-state index contributed by atoms with van der Waals surface area (Å²) in [5, 5.41) is 0. The number of aromatic nitrogens is 1. The Morgan fingerprint density at radius 1 is 1.11 bits per heavy atom. The average molecular weight is 445 g/mol. The molecule has 0 radical (unpaired) electrons. The van der Waals surface area contributed by atoms with Gasteiger partial charge in [0.15, 0.2) is 11.5 Å². The third kappa shape index (κ3) is 4.65. The zero-order valence-corrected chi connectivity index (χ0v) is 17.3. The Bertz CT molecular complexity index is 1070. The lowest BCUT2D eigenvalue weighted by Gasteiger charge is -2.11. The van der Waals surface area contributed by atoms with Crippen LogP contribution in [0.3, 0.4) is 0 Å². The largest absolute Gasteiger partial charge is 0.493 e. The Morgan fingerprint density at radius 2 is 1.89 bits per heavy atom. The van der Waals surface area contributed by atoms with Gasteiger partial charge in [0.05, 0.1) is 23.3 Å². The van der Waals surface area contributed by atoms with E-state index in [-0.39, 0.29) is 25.1 Å². The molecule has 0 aliphatic rings. The van der Waals surface area contributed by atoms with Crippen LogP contribution in [0.4, 0.5) is 5.69 Å². The number of halogens is 2. The number of nitrogens with zero attached hydrogens (tertiary/aromatic N) is 1. The highest BCUT2D eigenvalue weighted by Crippen LogP contribution is 2.35. The summed E-state index contributed by atoms with van der Waals surface area (Å²) in [6.45, 7) is 1.94. The van der Waals surface area contributed by atoms with E-state index in [0.717, 1.165) is 16.9 Å². The highest BCUT2D eigenvalue weighted by atomic mass is 35.5. The average Bonchev–Trinajstić information content (AvgIpc) is 2.97. The van der Waals surface area contributed by atoms with Gasteiger partial charge in [-0.1, -0.05) is 29.3 Å². The number of aryl methyl sites for hydroxylation is 1. The van der Waals surface area contributed by atoms with E-state index in [1.165, 1.54) is 18.3 Å². The number of rotatable bonds is 6. The van der Waals surface area contributed by atoms with Crippen LogP contribution in [0.1, 0.15) is 5.56 Å². The zero-order chi connectivity index (χ0) is 19.6. The molecule has 0 aliphatic heterocycles. The third-order valence-electron chi connectivity index (χ3n) is 3.44. The van der Waals surface area contributed by atoms with Gasteiger partial charge in [-0.3, -0.25) is 4.72 Å². The van der Waals surface area contributed by atoms with Crippen molar-refractivity contribution >= 4 is 50.2 Å². The van der Waals surface area contributed by atoms with Gasteiger partial charge in [0.25, 0.3) is 10.0 Å². The molecule has 142 valence electrons. The van der Waals surface area contributed by atoms with Crippen LogP contribution < -0.4 is 14.2 Å². The number of pyridine rings is 1. The van der Waals surface area contributed by atoms with Crippen molar-refractivity contribution in [1.29, 1.82) is 0 Å². The molecule has 0 amide bonds. The molecule has 0 saturated carbocycles. The smallest absolute Gasteiger partial charge is 0.264 e. The number of anilines is 1. The summed E-state index contributed by atoms with van der Waals surface area (Å²) in [7, 11) is -2.32. The zero-order valence-electron chi connectivity index (χ0n) is 14.2. The predicted molar refractivity (Wildman–Crippen MR) is 107 cm³/mol. The molecule has 0 aliphatic carbocycles. The quantitative estimate of drug-likeness (QED) is 0.553. The topological polar surface area (TPSA) is 77.5 Å². The van der Waals surface area contributed by atoms with Gasteiger partial charge in [0, 0.05) is 6.07 Å². The van der Waals surface area contributed by atoms with Crippen molar-refractivity contribution < 1.29 is 17.9 Å². The monoisotopic (exact) mass is 444 g/mol. The van der Waals surface area contributed by atoms with E-state index in [9.17, 15) is 8.42 Å². The summed E-state index contributed by atoms with van der Waals surface area (Å²) >= 11 is 12.7. The van der Waals surface area contributed by atoms with Gasteiger partial charge in [-0.05, 0) is 36.8 Å². The van der Waals surface area contributed by atoms with Crippen LogP contribution in [0.2, 0.25) is 8.67 Å². The maximum absolute atomic E-state index is 12.4. The van der Waals surface area contributed by atoms with Gasteiger partial charge in [0.2, 0.25) is 5.88 Å². The van der Waals surface area contributed by atoms with Crippen LogP contribution in [-0.4, -0.2) is 20.5 Å². The standard InChI is InChI=1S/C17H14Cl2N2O4S2/c1-10-3-5-12(13(7-10)24-2)25-16-6-4-11(9-20-16)21-27(22,23)14-8-15(18)26-17(14)19/h3-9,21H,1-2H3. The second-order valence-corrected chi connectivity index (χ2v) is 9.37. The number of thiophene rings is 1. The van der Waals surface area contributed by atoms with Gasteiger partial charge in [-0.2, -0.15) is 0 Å². The first-order valence-corrected chi connectivity index (χ1v) is 10.6. The van der Waals surface area contributed by atoms with Crippen molar-refractivity contribution in [2.45, 2.75) is 11.8 Å². The molecule has 10 heteroatoms. The van der Waals surface area contributed by atoms with Crippen molar-refractivity contribution in [3.05, 3.63) is 56.8 Å². The number of ether oxygens (including phenoxy) is 2. The fourth-order valence-electron chi connectivity index (χ4n) is 2.19. The van der Waals surface area contributed by atoms with E-state index in [4.69, 9.17) is 32.7 Å². The summed E-state index contributed by atoms with van der Waals surface area (Å²) < 4.78 is 38.6. The van der Waals surface area contributed by atoms with Crippen LogP contribution in [-0.2, 0) is 10.0 Å². The molecule has 3 rings (SSSR count). The minimum absolute atomic E-state index is 0.0797. The first-order chi connectivity index (χ1) is 12.8. The molecule has 1 N–H and O–H groups in total. The summed E-state index contributed by atoms with van der Waals surface area (Å²) in [6.07, 6.45) is 1.34. The highest BCUT2D eigenvalue weighted by molar-refractivity contribution is 7.93. The molecule has 3 aromatic rings. The maximum atomic E-state index is 12.4. The SMILES string of the molecule is COc1cc(C)ccc1Oc1ccc(NS(=O)(=O)c2cc(Cl)sc2Cl)cn1. The van der Waals surface area contributed by atoms with Crippen molar-refractivity contribution in [2.75, 3.05) is 11.8 Å². The summed E-state index contributed by atoms with van der Waals surface area (Å²) in [5.74, 6) is 1.37. The Hall–Kier alpha value is -2.00. The fourth-order valence-corrected chi connectivity index (χ4v) is 5.39. The van der Waals surface area contributed by atoms with Crippen LogP contribution in [0.5, 0.6) is 17.4 Å². The number of methoxy groups -OCH3 is 1. The second kappa shape index (κ2) is 7.93. The Kier molecular flexibility index (Phi) is 5.81. The molecule has 1 aromatic carbocycles. The molecule has 0 atom stereocenters. The number of nitrogens with one attached hydrogen (secondary N) is 1. The lowest BCUT2D eigenvalue weighted by atomic mass is 10.2. The lowest BCUT2D eigenvalue weighted by Crippen LogP contribution is -2.12. The first-order valence-electron chi connectivity index (χ1n) is 7.54. The highest BCUT2D eigenvalue weighted by Gasteiger charge is 2.21. The molecule has 0 unspecified atom stereocenters. The second-order valence-electron chi connectivity index (χ2n) is 5.44. The predicted octanol–water partition coefficient (Wildman–Crippen LogP) is 5.36. The lowest BCUT2D eigenvalue weighted by molar-refractivity contribution is 0.374. The Morgan fingerprint density at radius 3 is 2.48 bits per heavy atom. The van der Waals surface area contributed by atoms with Gasteiger partial charge in [-0.25, -0.2) is 13.4 Å². The molecule has 27 heavy (non-hydrogen) atoms. The molecule has 0 spiro atoms. The van der Waals surface area contributed by atoms with Crippen LogP contribution >= 0.6 is 34.5 Å². The van der Waals surface area contributed by atoms with Crippen molar-refractivity contribution in [2.24, 2.45) is 0 Å². The van der Waals surface area contributed by atoms with Crippen molar-refractivity contribution in [3.8, 4) is 17.4 Å². The minimum atomic E-state index is -3.87.